The second-order valence-corrected chi connectivity index (χ2v) is 9.71. The Morgan fingerprint density at radius 2 is 2.06 bits per heavy atom. The van der Waals surface area contributed by atoms with Gasteiger partial charge in [0, 0.05) is 41.5 Å². The van der Waals surface area contributed by atoms with Gasteiger partial charge in [-0.1, -0.05) is 6.07 Å². The van der Waals surface area contributed by atoms with Crippen LogP contribution in [0.4, 0.5) is 17.2 Å². The summed E-state index contributed by atoms with van der Waals surface area (Å²) in [6, 6.07) is 9.65. The van der Waals surface area contributed by atoms with Gasteiger partial charge in [-0.3, -0.25) is 9.69 Å². The zero-order valence-electron chi connectivity index (χ0n) is 19.0. The SMILES string of the molecule is COc1ccc(NC(C)=O)cc1Nc1nc(CN2CCOCC2)nc2scc(-c3cccs3)c12. The van der Waals surface area contributed by atoms with E-state index in [-0.39, 0.29) is 5.91 Å². The second-order valence-electron chi connectivity index (χ2n) is 7.91. The molecule has 1 fully saturated rings. The molecule has 10 heteroatoms. The van der Waals surface area contributed by atoms with Gasteiger partial charge in [-0.25, -0.2) is 9.97 Å². The van der Waals surface area contributed by atoms with Crippen LogP contribution in [0.15, 0.2) is 41.1 Å². The highest BCUT2D eigenvalue weighted by molar-refractivity contribution is 7.18. The number of nitrogens with one attached hydrogen (secondary N) is 2. The number of ether oxygens (including phenoxy) is 2. The third-order valence-electron chi connectivity index (χ3n) is 5.51. The molecule has 176 valence electrons. The van der Waals surface area contributed by atoms with E-state index in [2.05, 4.69) is 32.4 Å². The average molecular weight is 496 g/mol. The van der Waals surface area contributed by atoms with Gasteiger partial charge >= 0.3 is 0 Å². The number of fused-ring (bicyclic) bond motifs is 1. The van der Waals surface area contributed by atoms with Crippen molar-refractivity contribution in [1.82, 2.24) is 14.9 Å². The molecule has 0 spiro atoms. The Labute approximate surface area is 205 Å². The van der Waals surface area contributed by atoms with Crippen LogP contribution in [-0.4, -0.2) is 54.2 Å². The van der Waals surface area contributed by atoms with Gasteiger partial charge < -0.3 is 20.1 Å². The lowest BCUT2D eigenvalue weighted by Gasteiger charge is -2.26. The minimum atomic E-state index is -0.133. The molecule has 0 bridgehead atoms. The van der Waals surface area contributed by atoms with Crippen molar-refractivity contribution in [3.8, 4) is 16.2 Å². The third-order valence-corrected chi connectivity index (χ3v) is 7.28. The fourth-order valence-corrected chi connectivity index (χ4v) is 5.71. The number of hydrogen-bond acceptors (Lipinski definition) is 9. The highest BCUT2D eigenvalue weighted by atomic mass is 32.1. The molecule has 5 rings (SSSR count). The Morgan fingerprint density at radius 3 is 2.79 bits per heavy atom. The molecule has 0 unspecified atom stereocenters. The van der Waals surface area contributed by atoms with E-state index in [1.54, 1.807) is 29.8 Å². The van der Waals surface area contributed by atoms with Crippen molar-refractivity contribution < 1.29 is 14.3 Å². The highest BCUT2D eigenvalue weighted by Gasteiger charge is 2.20. The monoisotopic (exact) mass is 495 g/mol. The topological polar surface area (TPSA) is 88.6 Å². The van der Waals surface area contributed by atoms with Crippen LogP contribution in [0.25, 0.3) is 20.7 Å². The zero-order valence-corrected chi connectivity index (χ0v) is 20.6. The first-order chi connectivity index (χ1) is 16.6. The van der Waals surface area contributed by atoms with Crippen LogP contribution in [0.3, 0.4) is 0 Å². The number of anilines is 3. The van der Waals surface area contributed by atoms with Crippen LogP contribution in [-0.2, 0) is 16.1 Å². The van der Waals surface area contributed by atoms with Crippen LogP contribution >= 0.6 is 22.7 Å². The Hall–Kier alpha value is -3.05. The molecule has 4 heterocycles. The van der Waals surface area contributed by atoms with Gasteiger partial charge in [0.15, 0.2) is 0 Å². The first-order valence-electron chi connectivity index (χ1n) is 11.0. The third kappa shape index (κ3) is 4.90. The largest absolute Gasteiger partial charge is 0.495 e. The van der Waals surface area contributed by atoms with Gasteiger partial charge in [0.25, 0.3) is 0 Å². The van der Waals surface area contributed by atoms with Crippen LogP contribution in [0.5, 0.6) is 5.75 Å². The summed E-state index contributed by atoms with van der Waals surface area (Å²) in [5.74, 6) is 2.00. The molecule has 1 aromatic carbocycles. The van der Waals surface area contributed by atoms with Gasteiger partial charge in [-0.15, -0.1) is 22.7 Å². The van der Waals surface area contributed by atoms with E-state index in [9.17, 15) is 4.79 Å². The number of rotatable bonds is 7. The number of benzene rings is 1. The second kappa shape index (κ2) is 10.1. The summed E-state index contributed by atoms with van der Waals surface area (Å²) in [5, 5.41) is 11.5. The maximum Gasteiger partial charge on any atom is 0.221 e. The number of thiophene rings is 2. The maximum atomic E-state index is 11.6. The van der Waals surface area contributed by atoms with E-state index < -0.39 is 0 Å². The molecule has 0 aliphatic carbocycles. The number of carbonyl (C=O) groups is 1. The molecule has 1 aliphatic heterocycles. The molecule has 0 atom stereocenters. The number of aromatic nitrogens is 2. The summed E-state index contributed by atoms with van der Waals surface area (Å²) in [6.45, 7) is 5.32. The fourth-order valence-electron chi connectivity index (χ4n) is 3.93. The van der Waals surface area contributed by atoms with Gasteiger partial charge in [-0.05, 0) is 29.6 Å². The molecule has 1 aliphatic rings. The molecule has 3 aromatic heterocycles. The smallest absolute Gasteiger partial charge is 0.221 e. The van der Waals surface area contributed by atoms with Crippen LogP contribution < -0.4 is 15.4 Å². The van der Waals surface area contributed by atoms with Gasteiger partial charge in [0.05, 0.1) is 37.9 Å². The van der Waals surface area contributed by atoms with E-state index in [0.29, 0.717) is 18.0 Å². The van der Waals surface area contributed by atoms with Crippen molar-refractivity contribution in [2.75, 3.05) is 44.0 Å². The molecular weight excluding hydrogens is 470 g/mol. The number of nitrogens with zero attached hydrogens (tertiary/aromatic N) is 3. The number of morpholine rings is 1. The average Bonchev–Trinajstić information content (AvgIpc) is 3.49. The van der Waals surface area contributed by atoms with Crippen molar-refractivity contribution >= 4 is 56.0 Å². The molecule has 1 saturated heterocycles. The minimum Gasteiger partial charge on any atom is -0.495 e. The van der Waals surface area contributed by atoms with Crippen molar-refractivity contribution in [1.29, 1.82) is 0 Å². The fraction of sp³-hybridized carbons (Fsp3) is 0.292. The summed E-state index contributed by atoms with van der Waals surface area (Å²) in [7, 11) is 1.62. The highest BCUT2D eigenvalue weighted by Crippen LogP contribution is 2.41. The maximum absolute atomic E-state index is 11.6. The van der Waals surface area contributed by atoms with E-state index in [1.165, 1.54) is 6.92 Å². The van der Waals surface area contributed by atoms with Crippen molar-refractivity contribution in [2.45, 2.75) is 13.5 Å². The predicted octanol–water partition coefficient (Wildman–Crippen LogP) is 4.96. The molecule has 34 heavy (non-hydrogen) atoms. The lowest BCUT2D eigenvalue weighted by molar-refractivity contribution is -0.114. The normalized spacial score (nSPS) is 14.3. The molecule has 1 amide bonds. The summed E-state index contributed by atoms with van der Waals surface area (Å²) in [5.41, 5.74) is 2.50. The van der Waals surface area contributed by atoms with Crippen LogP contribution in [0, 0.1) is 0 Å². The summed E-state index contributed by atoms with van der Waals surface area (Å²) in [4.78, 5) is 25.9. The lowest BCUT2D eigenvalue weighted by atomic mass is 10.2. The summed E-state index contributed by atoms with van der Waals surface area (Å²) < 4.78 is 11.1. The molecule has 0 saturated carbocycles. The van der Waals surface area contributed by atoms with E-state index in [4.69, 9.17) is 19.4 Å². The molecular formula is C24H25N5O3S2. The minimum absolute atomic E-state index is 0.133. The van der Waals surface area contributed by atoms with E-state index in [1.807, 2.05) is 24.3 Å². The first kappa shape index (κ1) is 22.7. The first-order valence-corrected chi connectivity index (χ1v) is 12.7. The van der Waals surface area contributed by atoms with Crippen molar-refractivity contribution in [2.24, 2.45) is 0 Å². The Kier molecular flexibility index (Phi) is 6.73. The quantitative estimate of drug-likeness (QED) is 0.374. The number of methoxy groups -OCH3 is 1. The van der Waals surface area contributed by atoms with Crippen LogP contribution in [0.1, 0.15) is 12.7 Å². The standard InChI is InChI=1S/C24H25N5O3S2/c1-15(30)25-16-5-6-19(31-2)18(12-16)26-23-22-17(20-4-3-11-33-20)14-34-24(22)28-21(27-23)13-29-7-9-32-10-8-29/h3-6,11-12,14H,7-10,13H2,1-2H3,(H,25,30)(H,26,27,28). The molecule has 0 radical (unpaired) electrons. The Morgan fingerprint density at radius 1 is 1.21 bits per heavy atom. The van der Waals surface area contributed by atoms with Gasteiger partial charge in [0.2, 0.25) is 5.91 Å². The van der Waals surface area contributed by atoms with E-state index >= 15 is 0 Å². The Balaban J connectivity index is 1.59. The van der Waals surface area contributed by atoms with Gasteiger partial charge in [-0.2, -0.15) is 0 Å². The number of carbonyl (C=O) groups excluding carboxylic acids is 1. The zero-order chi connectivity index (χ0) is 23.5. The van der Waals surface area contributed by atoms with E-state index in [0.717, 1.165) is 64.3 Å². The van der Waals surface area contributed by atoms with Crippen molar-refractivity contribution in [3.05, 3.63) is 46.9 Å². The van der Waals surface area contributed by atoms with Crippen molar-refractivity contribution in [3.63, 3.8) is 0 Å². The molecule has 4 aromatic rings. The molecule has 8 nitrogen and oxygen atoms in total. The van der Waals surface area contributed by atoms with Crippen LogP contribution in [0.2, 0.25) is 0 Å². The predicted molar refractivity (Wildman–Crippen MR) is 137 cm³/mol. The lowest BCUT2D eigenvalue weighted by Crippen LogP contribution is -2.36. The summed E-state index contributed by atoms with van der Waals surface area (Å²) >= 11 is 3.31. The summed E-state index contributed by atoms with van der Waals surface area (Å²) in [6.07, 6.45) is 0. The number of hydrogen-bond donors (Lipinski definition) is 2. The molecule has 2 N–H and O–H groups in total. The number of amides is 1. The van der Waals surface area contributed by atoms with Gasteiger partial charge in [0.1, 0.15) is 22.2 Å². The Bertz CT molecular complexity index is 1300.